The fraction of sp³-hybridized carbons (Fsp3) is 0.188. The third-order valence-corrected chi connectivity index (χ3v) is 4.64. The van der Waals surface area contributed by atoms with Crippen LogP contribution < -0.4 is 10.0 Å². The molecule has 0 aromatic heterocycles. The zero-order valence-corrected chi connectivity index (χ0v) is 13.7. The minimum atomic E-state index is -4.01. The van der Waals surface area contributed by atoms with Gasteiger partial charge in [-0.25, -0.2) is 21.9 Å². The molecule has 5 nitrogen and oxygen atoms in total. The maximum Gasteiger partial charge on any atom is 0.240 e. The van der Waals surface area contributed by atoms with Gasteiger partial charge in [0.15, 0.2) is 11.6 Å². The van der Waals surface area contributed by atoms with E-state index >= 15 is 0 Å². The van der Waals surface area contributed by atoms with Crippen LogP contribution in [0.5, 0.6) is 0 Å². The molecule has 2 aromatic rings. The first-order valence-electron chi connectivity index (χ1n) is 7.09. The van der Waals surface area contributed by atoms with E-state index in [1.165, 1.54) is 0 Å². The number of nitrogens with one attached hydrogen (secondary N) is 2. The average molecular weight is 354 g/mol. The molecule has 0 bridgehead atoms. The summed E-state index contributed by atoms with van der Waals surface area (Å²) in [6.45, 7) is 1.75. The van der Waals surface area contributed by atoms with Crippen molar-refractivity contribution in [3.63, 3.8) is 0 Å². The minimum Gasteiger partial charge on any atom is -0.326 e. The molecule has 0 heterocycles. The van der Waals surface area contributed by atoms with Gasteiger partial charge in [0.05, 0.1) is 4.90 Å². The lowest BCUT2D eigenvalue weighted by molar-refractivity contribution is -0.116. The highest BCUT2D eigenvalue weighted by Gasteiger charge is 2.16. The van der Waals surface area contributed by atoms with Crippen molar-refractivity contribution in [3.8, 4) is 0 Å². The molecule has 0 aliphatic heterocycles. The fourth-order valence-corrected chi connectivity index (χ4v) is 2.93. The highest BCUT2D eigenvalue weighted by molar-refractivity contribution is 7.89. The zero-order valence-electron chi connectivity index (χ0n) is 12.8. The lowest BCUT2D eigenvalue weighted by Gasteiger charge is -2.08. The third-order valence-electron chi connectivity index (χ3n) is 3.18. The van der Waals surface area contributed by atoms with Gasteiger partial charge in [-0.05, 0) is 37.3 Å². The molecule has 0 unspecified atom stereocenters. The van der Waals surface area contributed by atoms with E-state index in [0.717, 1.165) is 17.7 Å². The van der Waals surface area contributed by atoms with Crippen molar-refractivity contribution in [3.05, 3.63) is 59.7 Å². The average Bonchev–Trinajstić information content (AvgIpc) is 2.52. The van der Waals surface area contributed by atoms with E-state index in [-0.39, 0.29) is 18.9 Å². The predicted molar refractivity (Wildman–Crippen MR) is 86.0 cm³/mol. The molecule has 24 heavy (non-hydrogen) atoms. The van der Waals surface area contributed by atoms with Gasteiger partial charge in [0.25, 0.3) is 0 Å². The summed E-state index contributed by atoms with van der Waals surface area (Å²) in [6, 6.07) is 9.41. The molecule has 0 fully saturated rings. The molecule has 0 saturated heterocycles. The Balaban J connectivity index is 1.89. The minimum absolute atomic E-state index is 0.100. The fourth-order valence-electron chi connectivity index (χ4n) is 1.89. The van der Waals surface area contributed by atoms with Crippen molar-refractivity contribution in [2.75, 3.05) is 11.9 Å². The van der Waals surface area contributed by atoms with Gasteiger partial charge in [0.1, 0.15) is 0 Å². The highest BCUT2D eigenvalue weighted by Crippen LogP contribution is 2.13. The van der Waals surface area contributed by atoms with Crippen molar-refractivity contribution < 1.29 is 22.0 Å². The van der Waals surface area contributed by atoms with E-state index in [2.05, 4.69) is 10.0 Å². The van der Waals surface area contributed by atoms with Gasteiger partial charge in [0.2, 0.25) is 15.9 Å². The molecule has 0 spiro atoms. The number of aryl methyl sites for hydroxylation is 1. The summed E-state index contributed by atoms with van der Waals surface area (Å²) in [6.07, 6.45) is -0.100. The number of carbonyl (C=O) groups excluding carboxylic acids is 1. The van der Waals surface area contributed by atoms with E-state index in [4.69, 9.17) is 0 Å². The number of benzene rings is 2. The van der Waals surface area contributed by atoms with E-state index in [1.807, 2.05) is 19.1 Å². The number of amides is 1. The van der Waals surface area contributed by atoms with E-state index in [1.54, 1.807) is 12.1 Å². The Hall–Kier alpha value is -2.32. The van der Waals surface area contributed by atoms with E-state index in [9.17, 15) is 22.0 Å². The molecular formula is C16H16F2N2O3S. The molecule has 128 valence electrons. The summed E-state index contributed by atoms with van der Waals surface area (Å²) >= 11 is 0. The van der Waals surface area contributed by atoms with Gasteiger partial charge >= 0.3 is 0 Å². The van der Waals surface area contributed by atoms with Crippen LogP contribution in [-0.2, 0) is 14.8 Å². The molecule has 2 aromatic carbocycles. The van der Waals surface area contributed by atoms with Gasteiger partial charge in [-0.1, -0.05) is 17.7 Å². The summed E-state index contributed by atoms with van der Waals surface area (Å²) in [7, 11) is -4.01. The number of rotatable bonds is 6. The monoisotopic (exact) mass is 354 g/mol. The lowest BCUT2D eigenvalue weighted by atomic mass is 10.2. The van der Waals surface area contributed by atoms with Crippen LogP contribution in [0.2, 0.25) is 0 Å². The molecule has 1 amide bonds. The van der Waals surface area contributed by atoms with Gasteiger partial charge in [-0.3, -0.25) is 4.79 Å². The predicted octanol–water partition coefficient (Wildman–Crippen LogP) is 2.58. The first-order valence-corrected chi connectivity index (χ1v) is 8.57. The largest absolute Gasteiger partial charge is 0.326 e. The summed E-state index contributed by atoms with van der Waals surface area (Å²) in [4.78, 5) is 11.4. The molecule has 2 N–H and O–H groups in total. The van der Waals surface area contributed by atoms with Crippen molar-refractivity contribution in [1.29, 1.82) is 0 Å². The highest BCUT2D eigenvalue weighted by atomic mass is 32.2. The first kappa shape index (κ1) is 18.0. The quantitative estimate of drug-likeness (QED) is 0.837. The van der Waals surface area contributed by atoms with E-state index in [0.29, 0.717) is 11.8 Å². The van der Waals surface area contributed by atoms with Crippen LogP contribution in [0.1, 0.15) is 12.0 Å². The molecule has 0 atom stereocenters. The van der Waals surface area contributed by atoms with Crippen molar-refractivity contribution in [2.45, 2.75) is 18.2 Å². The van der Waals surface area contributed by atoms with Gasteiger partial charge < -0.3 is 5.32 Å². The van der Waals surface area contributed by atoms with Crippen LogP contribution in [0.3, 0.4) is 0 Å². The van der Waals surface area contributed by atoms with Crippen LogP contribution in [0.4, 0.5) is 14.5 Å². The van der Waals surface area contributed by atoms with Crippen molar-refractivity contribution in [2.24, 2.45) is 0 Å². The summed E-state index contributed by atoms with van der Waals surface area (Å²) in [5.74, 6) is -2.76. The van der Waals surface area contributed by atoms with E-state index < -0.39 is 26.6 Å². The van der Waals surface area contributed by atoms with Crippen LogP contribution in [-0.4, -0.2) is 20.9 Å². The topological polar surface area (TPSA) is 75.3 Å². The van der Waals surface area contributed by atoms with Gasteiger partial charge in [-0.15, -0.1) is 0 Å². The smallest absolute Gasteiger partial charge is 0.240 e. The van der Waals surface area contributed by atoms with Crippen LogP contribution in [0.15, 0.2) is 47.4 Å². The number of hydrogen-bond acceptors (Lipinski definition) is 3. The van der Waals surface area contributed by atoms with Gasteiger partial charge in [-0.2, -0.15) is 0 Å². The Morgan fingerprint density at radius 3 is 2.33 bits per heavy atom. The summed E-state index contributed by atoms with van der Waals surface area (Å²) < 4.78 is 52.0. The Kier molecular flexibility index (Phi) is 5.63. The van der Waals surface area contributed by atoms with Crippen LogP contribution in [0, 0.1) is 18.6 Å². The standard InChI is InChI=1S/C16H16F2N2O3S/c1-11-2-4-12(5-3-11)20-16(21)8-9-19-24(22,23)13-6-7-14(17)15(18)10-13/h2-7,10,19H,8-9H2,1H3,(H,20,21). The molecule has 0 radical (unpaired) electrons. The molecule has 0 aliphatic rings. The Labute approximate surface area is 138 Å². The number of carbonyl (C=O) groups is 1. The number of sulfonamides is 1. The van der Waals surface area contributed by atoms with Crippen molar-refractivity contribution >= 4 is 21.6 Å². The maximum atomic E-state index is 13.1. The molecular weight excluding hydrogens is 338 g/mol. The summed E-state index contributed by atoms with van der Waals surface area (Å²) in [5, 5.41) is 2.63. The Morgan fingerprint density at radius 1 is 1.04 bits per heavy atom. The normalized spacial score (nSPS) is 11.3. The first-order chi connectivity index (χ1) is 11.3. The molecule has 8 heteroatoms. The lowest BCUT2D eigenvalue weighted by Crippen LogP contribution is -2.28. The molecule has 0 aliphatic carbocycles. The molecule has 0 saturated carbocycles. The Bertz CT molecular complexity index is 837. The second-order valence-corrected chi connectivity index (χ2v) is 6.90. The van der Waals surface area contributed by atoms with Crippen LogP contribution >= 0.6 is 0 Å². The number of hydrogen-bond donors (Lipinski definition) is 2. The molecule has 2 rings (SSSR count). The summed E-state index contributed by atoms with van der Waals surface area (Å²) in [5.41, 5.74) is 1.65. The van der Waals surface area contributed by atoms with Gasteiger partial charge in [0, 0.05) is 18.7 Å². The second-order valence-electron chi connectivity index (χ2n) is 5.14. The maximum absolute atomic E-state index is 13.1. The SMILES string of the molecule is Cc1ccc(NC(=O)CCNS(=O)(=O)c2ccc(F)c(F)c2)cc1. The zero-order chi connectivity index (χ0) is 17.7. The second kappa shape index (κ2) is 7.50. The third kappa shape index (κ3) is 4.84. The number of anilines is 1. The Morgan fingerprint density at radius 2 is 1.71 bits per heavy atom. The van der Waals surface area contributed by atoms with Crippen molar-refractivity contribution in [1.82, 2.24) is 4.72 Å². The number of halogens is 2. The van der Waals surface area contributed by atoms with Crippen LogP contribution in [0.25, 0.3) is 0 Å².